The normalized spacial score (nSPS) is 28.8. The van der Waals surface area contributed by atoms with Crippen molar-refractivity contribution in [2.45, 2.75) is 51.6 Å². The minimum Gasteiger partial charge on any atom is -0.481 e. The number of piperidine rings is 1. The summed E-state index contributed by atoms with van der Waals surface area (Å²) in [6.45, 7) is 8.30. The number of nitrogens with zero attached hydrogens (tertiary/aromatic N) is 3. The standard InChI is InChI=1S/C25H32Cl2N4O2S/c1-15(20-6-5-18(26)8-21(20)27)28-22-14-34-24(29-22)31-12-17(13-31)16-4-3-7-30(11-16)19-9-25(2,10-19)23(32)33/h5-6,8,14-17,19,28H,3-4,7,9-13H2,1-2H3,(H,32,33)/t15-,16+,19?,25?/m1/s1. The van der Waals surface area contributed by atoms with Crippen molar-refractivity contribution in [2.24, 2.45) is 17.3 Å². The SMILES string of the molecule is C[C@@H](Nc1csc(N2CC([C@H]3CCCN(C4CC(C)(C(=O)O)C4)C3)C2)n1)c1ccc(Cl)cc1Cl. The van der Waals surface area contributed by atoms with Crippen LogP contribution in [0, 0.1) is 17.3 Å². The van der Waals surface area contributed by atoms with Gasteiger partial charge >= 0.3 is 5.97 Å². The Balaban J connectivity index is 1.11. The van der Waals surface area contributed by atoms with Gasteiger partial charge < -0.3 is 20.2 Å². The van der Waals surface area contributed by atoms with E-state index in [1.807, 2.05) is 19.1 Å². The van der Waals surface area contributed by atoms with Gasteiger partial charge in [0.05, 0.1) is 11.5 Å². The first-order chi connectivity index (χ1) is 16.2. The van der Waals surface area contributed by atoms with E-state index >= 15 is 0 Å². The molecule has 0 radical (unpaired) electrons. The maximum Gasteiger partial charge on any atom is 0.309 e. The molecule has 34 heavy (non-hydrogen) atoms. The molecule has 1 saturated carbocycles. The van der Waals surface area contributed by atoms with Crippen LogP contribution in [0.4, 0.5) is 10.9 Å². The lowest BCUT2D eigenvalue weighted by molar-refractivity contribution is -0.158. The number of carboxylic acids is 1. The van der Waals surface area contributed by atoms with Gasteiger partial charge in [0.1, 0.15) is 5.82 Å². The molecule has 1 aromatic heterocycles. The molecule has 9 heteroatoms. The molecule has 3 aliphatic rings. The van der Waals surface area contributed by atoms with Crippen LogP contribution in [0.5, 0.6) is 0 Å². The number of aromatic nitrogens is 1. The van der Waals surface area contributed by atoms with Crippen molar-refractivity contribution >= 4 is 51.5 Å². The van der Waals surface area contributed by atoms with Crippen LogP contribution in [0.3, 0.4) is 0 Å². The van der Waals surface area contributed by atoms with Gasteiger partial charge in [-0.2, -0.15) is 0 Å². The molecule has 2 atom stereocenters. The zero-order valence-corrected chi connectivity index (χ0v) is 22.0. The lowest BCUT2D eigenvalue weighted by Crippen LogP contribution is -2.58. The van der Waals surface area contributed by atoms with Crippen LogP contribution in [-0.2, 0) is 4.79 Å². The highest BCUT2D eigenvalue weighted by Gasteiger charge is 2.49. The summed E-state index contributed by atoms with van der Waals surface area (Å²) in [6, 6.07) is 6.06. The Morgan fingerprint density at radius 1 is 1.26 bits per heavy atom. The lowest BCUT2D eigenvalue weighted by atomic mass is 9.65. The van der Waals surface area contributed by atoms with Crippen LogP contribution in [0.1, 0.15) is 51.1 Å². The van der Waals surface area contributed by atoms with Gasteiger partial charge in [-0.05, 0) is 75.6 Å². The minimum absolute atomic E-state index is 0.0339. The van der Waals surface area contributed by atoms with Gasteiger partial charge in [0.25, 0.3) is 0 Å². The number of carbonyl (C=O) groups is 1. The molecule has 2 aromatic rings. The Morgan fingerprint density at radius 2 is 2.03 bits per heavy atom. The number of hydrogen-bond donors (Lipinski definition) is 2. The van der Waals surface area contributed by atoms with Crippen molar-refractivity contribution in [1.82, 2.24) is 9.88 Å². The Morgan fingerprint density at radius 3 is 2.74 bits per heavy atom. The Labute approximate surface area is 215 Å². The molecule has 6 nitrogen and oxygen atoms in total. The van der Waals surface area contributed by atoms with Gasteiger partial charge in [-0.15, -0.1) is 11.3 Å². The molecule has 0 bridgehead atoms. The fraction of sp³-hybridized carbons (Fsp3) is 0.600. The number of carboxylic acid groups (broad SMARTS) is 1. The van der Waals surface area contributed by atoms with E-state index in [4.69, 9.17) is 28.2 Å². The van der Waals surface area contributed by atoms with Crippen LogP contribution in [0.15, 0.2) is 23.6 Å². The van der Waals surface area contributed by atoms with Gasteiger partial charge in [0.15, 0.2) is 5.13 Å². The molecule has 2 N–H and O–H groups in total. The van der Waals surface area contributed by atoms with Crippen LogP contribution < -0.4 is 10.2 Å². The molecule has 1 aliphatic carbocycles. The monoisotopic (exact) mass is 522 g/mol. The summed E-state index contributed by atoms with van der Waals surface area (Å²) in [4.78, 5) is 21.2. The van der Waals surface area contributed by atoms with E-state index in [1.165, 1.54) is 12.8 Å². The number of rotatable bonds is 7. The molecular formula is C25H32Cl2N4O2S. The van der Waals surface area contributed by atoms with Gasteiger partial charge in [0.2, 0.25) is 0 Å². The van der Waals surface area contributed by atoms with Gasteiger partial charge in [-0.25, -0.2) is 4.98 Å². The van der Waals surface area contributed by atoms with Crippen molar-refractivity contribution in [3.8, 4) is 0 Å². The molecule has 184 valence electrons. The molecule has 2 aliphatic heterocycles. The fourth-order valence-corrected chi connectivity index (χ4v) is 7.12. The summed E-state index contributed by atoms with van der Waals surface area (Å²) in [5, 5.41) is 17.3. The number of nitrogens with one attached hydrogen (secondary N) is 1. The Hall–Kier alpha value is -1.54. The van der Waals surface area contributed by atoms with E-state index in [9.17, 15) is 9.90 Å². The smallest absolute Gasteiger partial charge is 0.309 e. The van der Waals surface area contributed by atoms with Crippen molar-refractivity contribution < 1.29 is 9.90 Å². The quantitative estimate of drug-likeness (QED) is 0.462. The molecule has 2 saturated heterocycles. The molecular weight excluding hydrogens is 491 g/mol. The second kappa shape index (κ2) is 9.49. The molecule has 5 rings (SSSR count). The molecule has 1 aromatic carbocycles. The summed E-state index contributed by atoms with van der Waals surface area (Å²) < 4.78 is 0. The van der Waals surface area contributed by atoms with Crippen LogP contribution >= 0.6 is 34.5 Å². The predicted molar refractivity (Wildman–Crippen MR) is 139 cm³/mol. The van der Waals surface area contributed by atoms with Crippen LogP contribution in [-0.4, -0.2) is 53.2 Å². The zero-order valence-electron chi connectivity index (χ0n) is 19.6. The van der Waals surface area contributed by atoms with E-state index in [0.717, 1.165) is 55.5 Å². The Kier molecular flexibility index (Phi) is 6.75. The highest BCUT2D eigenvalue weighted by atomic mass is 35.5. The van der Waals surface area contributed by atoms with E-state index in [0.29, 0.717) is 27.9 Å². The molecule has 3 fully saturated rings. The van der Waals surface area contributed by atoms with Crippen LogP contribution in [0.25, 0.3) is 0 Å². The summed E-state index contributed by atoms with van der Waals surface area (Å²) >= 11 is 14.1. The predicted octanol–water partition coefficient (Wildman–Crippen LogP) is 6.02. The third-order valence-electron chi connectivity index (χ3n) is 8.03. The summed E-state index contributed by atoms with van der Waals surface area (Å²) in [6.07, 6.45) is 4.08. The second-order valence-corrected chi connectivity index (χ2v) is 12.2. The number of likely N-dealkylation sites (tertiary alicyclic amines) is 1. The molecule has 0 amide bonds. The number of hydrogen-bond acceptors (Lipinski definition) is 6. The molecule has 0 spiro atoms. The summed E-state index contributed by atoms with van der Waals surface area (Å²) in [7, 11) is 0. The maximum absolute atomic E-state index is 11.4. The molecule has 0 unspecified atom stereocenters. The largest absolute Gasteiger partial charge is 0.481 e. The topological polar surface area (TPSA) is 68.7 Å². The van der Waals surface area contributed by atoms with Gasteiger partial charge in [-0.3, -0.25) is 4.79 Å². The van der Waals surface area contributed by atoms with Crippen LogP contribution in [0.2, 0.25) is 10.0 Å². The average Bonchev–Trinajstić information content (AvgIpc) is 3.18. The van der Waals surface area contributed by atoms with Gasteiger partial charge in [0, 0.05) is 41.1 Å². The first-order valence-corrected chi connectivity index (χ1v) is 13.7. The minimum atomic E-state index is -0.644. The first-order valence-electron chi connectivity index (χ1n) is 12.1. The lowest BCUT2D eigenvalue weighted by Gasteiger charge is -2.52. The number of aliphatic carboxylic acids is 1. The van der Waals surface area contributed by atoms with E-state index in [1.54, 1.807) is 17.4 Å². The van der Waals surface area contributed by atoms with Crippen molar-refractivity contribution in [3.63, 3.8) is 0 Å². The Bertz CT molecular complexity index is 1050. The summed E-state index contributed by atoms with van der Waals surface area (Å²) in [5.74, 6) is 1.62. The van der Waals surface area contributed by atoms with Crippen molar-refractivity contribution in [1.29, 1.82) is 0 Å². The highest BCUT2D eigenvalue weighted by molar-refractivity contribution is 7.14. The van der Waals surface area contributed by atoms with Crippen molar-refractivity contribution in [3.05, 3.63) is 39.2 Å². The van der Waals surface area contributed by atoms with E-state index in [2.05, 4.69) is 27.4 Å². The van der Waals surface area contributed by atoms with E-state index in [-0.39, 0.29) is 6.04 Å². The molecule has 3 heterocycles. The number of anilines is 2. The second-order valence-electron chi connectivity index (χ2n) is 10.5. The number of thiazole rings is 1. The number of benzene rings is 1. The van der Waals surface area contributed by atoms with Crippen molar-refractivity contribution in [2.75, 3.05) is 36.4 Å². The highest BCUT2D eigenvalue weighted by Crippen LogP contribution is 2.45. The maximum atomic E-state index is 11.4. The third-order valence-corrected chi connectivity index (χ3v) is 9.49. The zero-order chi connectivity index (χ0) is 24.0. The third kappa shape index (κ3) is 4.77. The first kappa shape index (κ1) is 24.2. The fourth-order valence-electron chi connectivity index (χ4n) is 5.76. The van der Waals surface area contributed by atoms with Gasteiger partial charge in [-0.1, -0.05) is 29.3 Å². The summed E-state index contributed by atoms with van der Waals surface area (Å²) in [5.41, 5.74) is 0.485. The number of halogens is 2. The van der Waals surface area contributed by atoms with E-state index < -0.39 is 11.4 Å². The average molecular weight is 524 g/mol.